The van der Waals surface area contributed by atoms with Gasteiger partial charge in [0.15, 0.2) is 17.3 Å². The third-order valence-electron chi connectivity index (χ3n) is 5.05. The van der Waals surface area contributed by atoms with Crippen molar-refractivity contribution in [3.05, 3.63) is 66.6 Å². The molecule has 0 saturated heterocycles. The summed E-state index contributed by atoms with van der Waals surface area (Å²) in [6.07, 6.45) is 4.31. The zero-order valence-corrected chi connectivity index (χ0v) is 19.5. The van der Waals surface area contributed by atoms with E-state index in [-0.39, 0.29) is 0 Å². The molecule has 0 bridgehead atoms. The first-order chi connectivity index (χ1) is 17.1. The second kappa shape index (κ2) is 10.9. The number of hydrogen-bond donors (Lipinski definition) is 2. The van der Waals surface area contributed by atoms with Gasteiger partial charge in [0, 0.05) is 36.1 Å². The molecule has 0 aliphatic rings. The predicted molar refractivity (Wildman–Crippen MR) is 132 cm³/mol. The molecule has 4 rings (SSSR count). The minimum atomic E-state index is 0.326. The van der Waals surface area contributed by atoms with Crippen LogP contribution in [0.5, 0.6) is 17.2 Å². The second-order valence-electron chi connectivity index (χ2n) is 7.27. The van der Waals surface area contributed by atoms with E-state index in [0.29, 0.717) is 52.5 Å². The first-order valence-electron chi connectivity index (χ1n) is 10.7. The summed E-state index contributed by atoms with van der Waals surface area (Å²) in [6, 6.07) is 14.8. The molecule has 4 aromatic rings. The Labute approximate surface area is 202 Å². The van der Waals surface area contributed by atoms with Crippen molar-refractivity contribution in [3.8, 4) is 28.6 Å². The number of nitrogens with zero attached hydrogens (tertiary/aromatic N) is 4. The van der Waals surface area contributed by atoms with Crippen LogP contribution in [0, 0.1) is 0 Å². The summed E-state index contributed by atoms with van der Waals surface area (Å²) < 4.78 is 16.2. The van der Waals surface area contributed by atoms with Crippen LogP contribution < -0.4 is 24.8 Å². The van der Waals surface area contributed by atoms with Crippen molar-refractivity contribution in [2.75, 3.05) is 32.0 Å². The van der Waals surface area contributed by atoms with Crippen LogP contribution in [-0.4, -0.2) is 47.6 Å². The zero-order chi connectivity index (χ0) is 24.6. The van der Waals surface area contributed by atoms with Gasteiger partial charge >= 0.3 is 0 Å². The fourth-order valence-electron chi connectivity index (χ4n) is 3.46. The Morgan fingerprint density at radius 1 is 0.857 bits per heavy atom. The summed E-state index contributed by atoms with van der Waals surface area (Å²) in [5.41, 5.74) is 3.03. The van der Waals surface area contributed by atoms with Crippen molar-refractivity contribution in [1.82, 2.24) is 19.9 Å². The normalized spacial score (nSPS) is 10.4. The van der Waals surface area contributed by atoms with Crippen molar-refractivity contribution >= 4 is 29.4 Å². The lowest BCUT2D eigenvalue weighted by Gasteiger charge is -2.15. The Hall–Kier alpha value is -4.73. The van der Waals surface area contributed by atoms with Crippen molar-refractivity contribution in [1.29, 1.82) is 0 Å². The van der Waals surface area contributed by atoms with Crippen LogP contribution in [0.15, 0.2) is 61.1 Å². The molecular weight excluding hydrogens is 448 g/mol. The molecule has 35 heavy (non-hydrogen) atoms. The van der Waals surface area contributed by atoms with E-state index in [1.807, 2.05) is 30.3 Å². The molecule has 0 fully saturated rings. The number of ether oxygens (including phenoxy) is 3. The van der Waals surface area contributed by atoms with Crippen LogP contribution in [-0.2, 0) is 11.2 Å². The van der Waals surface area contributed by atoms with Crippen LogP contribution in [0.1, 0.15) is 5.56 Å². The number of methoxy groups -OCH3 is 3. The number of pyridine rings is 1. The van der Waals surface area contributed by atoms with Crippen LogP contribution >= 0.6 is 0 Å². The van der Waals surface area contributed by atoms with E-state index < -0.39 is 0 Å². The monoisotopic (exact) mass is 472 g/mol. The van der Waals surface area contributed by atoms with Crippen molar-refractivity contribution < 1.29 is 19.0 Å². The predicted octanol–water partition coefficient (Wildman–Crippen LogP) is 4.19. The molecule has 10 nitrogen and oxygen atoms in total. The number of hydrogen-bond acceptors (Lipinski definition) is 10. The maximum absolute atomic E-state index is 10.9. The van der Waals surface area contributed by atoms with Gasteiger partial charge < -0.3 is 29.6 Å². The molecule has 0 spiro atoms. The van der Waals surface area contributed by atoms with Crippen LogP contribution in [0.2, 0.25) is 0 Å². The lowest BCUT2D eigenvalue weighted by atomic mass is 10.1. The van der Waals surface area contributed by atoms with Crippen molar-refractivity contribution in [2.45, 2.75) is 6.42 Å². The molecule has 10 heteroatoms. The SMILES string of the molecule is COc1cc(Nc2ncnc(-c3cccnc3Nc3cccc(CC=O)c3)n2)cc(OC)c1OC. The maximum atomic E-state index is 10.9. The first kappa shape index (κ1) is 23.4. The van der Waals surface area contributed by atoms with E-state index in [9.17, 15) is 4.79 Å². The highest BCUT2D eigenvalue weighted by Gasteiger charge is 2.15. The second-order valence-corrected chi connectivity index (χ2v) is 7.27. The van der Waals surface area contributed by atoms with Crippen LogP contribution in [0.3, 0.4) is 0 Å². The van der Waals surface area contributed by atoms with E-state index in [1.54, 1.807) is 45.7 Å². The van der Waals surface area contributed by atoms with Gasteiger partial charge in [-0.25, -0.2) is 15.0 Å². The number of carbonyl (C=O) groups is 1. The summed E-state index contributed by atoms with van der Waals surface area (Å²) in [7, 11) is 4.64. The number of aldehydes is 1. The fourth-order valence-corrected chi connectivity index (χ4v) is 3.46. The molecule has 0 amide bonds. The number of benzene rings is 2. The average Bonchev–Trinajstić information content (AvgIpc) is 2.89. The van der Waals surface area contributed by atoms with Crippen LogP contribution in [0.25, 0.3) is 11.4 Å². The summed E-state index contributed by atoms with van der Waals surface area (Å²) in [5.74, 6) is 2.81. The third kappa shape index (κ3) is 5.44. The van der Waals surface area contributed by atoms with Gasteiger partial charge in [-0.1, -0.05) is 12.1 Å². The minimum Gasteiger partial charge on any atom is -0.493 e. The summed E-state index contributed by atoms with van der Waals surface area (Å²) in [5, 5.41) is 6.44. The molecule has 2 aromatic carbocycles. The number of carbonyl (C=O) groups excluding carboxylic acids is 1. The lowest BCUT2D eigenvalue weighted by molar-refractivity contribution is -0.107. The van der Waals surface area contributed by atoms with Gasteiger partial charge in [-0.3, -0.25) is 0 Å². The Bertz CT molecular complexity index is 1310. The lowest BCUT2D eigenvalue weighted by Crippen LogP contribution is -2.03. The van der Waals surface area contributed by atoms with Gasteiger partial charge in [0.05, 0.1) is 26.9 Å². The zero-order valence-electron chi connectivity index (χ0n) is 19.5. The van der Waals surface area contributed by atoms with E-state index in [4.69, 9.17) is 14.2 Å². The highest BCUT2D eigenvalue weighted by Crippen LogP contribution is 2.40. The van der Waals surface area contributed by atoms with E-state index in [0.717, 1.165) is 17.5 Å². The van der Waals surface area contributed by atoms with Gasteiger partial charge in [0.25, 0.3) is 0 Å². The van der Waals surface area contributed by atoms with Crippen molar-refractivity contribution in [2.24, 2.45) is 0 Å². The average molecular weight is 473 g/mol. The first-order valence-corrected chi connectivity index (χ1v) is 10.7. The molecule has 178 valence electrons. The molecule has 0 saturated carbocycles. The fraction of sp³-hybridized carbons (Fsp3) is 0.160. The van der Waals surface area contributed by atoms with Crippen LogP contribution in [0.4, 0.5) is 23.1 Å². The highest BCUT2D eigenvalue weighted by atomic mass is 16.5. The number of anilines is 4. The Kier molecular flexibility index (Phi) is 7.31. The molecular formula is C25H24N6O4. The topological polar surface area (TPSA) is 120 Å². The van der Waals surface area contributed by atoms with Gasteiger partial charge in [-0.2, -0.15) is 4.98 Å². The van der Waals surface area contributed by atoms with E-state index in [1.165, 1.54) is 6.33 Å². The maximum Gasteiger partial charge on any atom is 0.230 e. The van der Waals surface area contributed by atoms with Gasteiger partial charge in [0.2, 0.25) is 11.7 Å². The Morgan fingerprint density at radius 2 is 1.66 bits per heavy atom. The Morgan fingerprint density at radius 3 is 2.37 bits per heavy atom. The largest absolute Gasteiger partial charge is 0.493 e. The number of nitrogens with one attached hydrogen (secondary N) is 2. The van der Waals surface area contributed by atoms with E-state index in [2.05, 4.69) is 30.6 Å². The smallest absolute Gasteiger partial charge is 0.230 e. The summed E-state index contributed by atoms with van der Waals surface area (Å²) >= 11 is 0. The molecule has 2 N–H and O–H groups in total. The molecule has 2 heterocycles. The van der Waals surface area contributed by atoms with E-state index >= 15 is 0 Å². The quantitative estimate of drug-likeness (QED) is 0.325. The Balaban J connectivity index is 1.63. The molecule has 0 aliphatic carbocycles. The molecule has 2 aromatic heterocycles. The van der Waals surface area contributed by atoms with Gasteiger partial charge in [-0.05, 0) is 29.8 Å². The number of rotatable bonds is 10. The molecule has 0 aliphatic heterocycles. The third-order valence-corrected chi connectivity index (χ3v) is 5.05. The summed E-state index contributed by atoms with van der Waals surface area (Å²) in [4.78, 5) is 28.5. The van der Waals surface area contributed by atoms with Gasteiger partial charge in [-0.15, -0.1) is 0 Å². The summed E-state index contributed by atoms with van der Waals surface area (Å²) in [6.45, 7) is 0. The van der Waals surface area contributed by atoms with Gasteiger partial charge in [0.1, 0.15) is 18.4 Å². The minimum absolute atomic E-state index is 0.326. The van der Waals surface area contributed by atoms with Crippen molar-refractivity contribution in [3.63, 3.8) is 0 Å². The standard InChI is InChI=1S/C25H24N6O4/c1-33-20-13-18(14-21(34-2)22(20)35-3)30-25-28-15-27-24(31-25)19-8-5-10-26-23(19)29-17-7-4-6-16(12-17)9-11-32/h4-8,10-15H,9H2,1-3H3,(H,26,29)(H,27,28,30,31). The molecule has 0 radical (unpaired) electrons. The number of aromatic nitrogens is 4. The molecule has 0 atom stereocenters. The highest BCUT2D eigenvalue weighted by molar-refractivity contribution is 5.75. The molecule has 0 unspecified atom stereocenters.